The summed E-state index contributed by atoms with van der Waals surface area (Å²) >= 11 is 0. The van der Waals surface area contributed by atoms with Gasteiger partial charge in [-0.1, -0.05) is 30.3 Å². The Bertz CT molecular complexity index is 1070. The summed E-state index contributed by atoms with van der Waals surface area (Å²) < 4.78 is 19.5. The first kappa shape index (κ1) is 18.8. The van der Waals surface area contributed by atoms with E-state index in [1.807, 2.05) is 76.2 Å². The largest absolute Gasteiger partial charge is 0.495 e. The second-order valence-corrected chi connectivity index (χ2v) is 8.10. The van der Waals surface area contributed by atoms with Crippen molar-refractivity contribution in [2.45, 2.75) is 38.9 Å². The van der Waals surface area contributed by atoms with Crippen LogP contribution in [0.15, 0.2) is 59.5 Å². The molecule has 0 saturated carbocycles. The van der Waals surface area contributed by atoms with Crippen LogP contribution in [0.25, 0.3) is 16.5 Å². The van der Waals surface area contributed by atoms with Gasteiger partial charge in [-0.15, -0.1) is 0 Å². The van der Waals surface area contributed by atoms with Crippen LogP contribution in [0, 0.1) is 0 Å². The third-order valence-electron chi connectivity index (χ3n) is 5.78. The molecule has 0 aliphatic carbocycles. The maximum atomic E-state index is 13.2. The van der Waals surface area contributed by atoms with E-state index in [1.165, 1.54) is 0 Å². The molecule has 0 unspecified atom stereocenters. The van der Waals surface area contributed by atoms with Crippen LogP contribution in [0.1, 0.15) is 27.7 Å². The Morgan fingerprint density at radius 2 is 1.57 bits per heavy atom. The van der Waals surface area contributed by atoms with Gasteiger partial charge in [0, 0.05) is 11.1 Å². The number of methoxy groups -OCH3 is 1. The molecule has 144 valence electrons. The molecule has 1 aliphatic rings. The van der Waals surface area contributed by atoms with Gasteiger partial charge in [0.2, 0.25) is 0 Å². The summed E-state index contributed by atoms with van der Waals surface area (Å²) in [6, 6.07) is 15.2. The van der Waals surface area contributed by atoms with Gasteiger partial charge < -0.3 is 14.0 Å². The van der Waals surface area contributed by atoms with Crippen LogP contribution in [0.4, 0.5) is 0 Å². The van der Waals surface area contributed by atoms with Gasteiger partial charge in [0.25, 0.3) is 5.56 Å². The van der Waals surface area contributed by atoms with Crippen molar-refractivity contribution in [2.24, 2.45) is 0 Å². The van der Waals surface area contributed by atoms with Crippen molar-refractivity contribution in [1.29, 1.82) is 0 Å². The van der Waals surface area contributed by atoms with Crippen LogP contribution in [-0.4, -0.2) is 30.0 Å². The van der Waals surface area contributed by atoms with Gasteiger partial charge in [0.05, 0.1) is 29.9 Å². The predicted molar refractivity (Wildman–Crippen MR) is 112 cm³/mol. The van der Waals surface area contributed by atoms with Crippen molar-refractivity contribution < 1.29 is 14.0 Å². The van der Waals surface area contributed by atoms with Gasteiger partial charge in [-0.25, -0.2) is 0 Å². The van der Waals surface area contributed by atoms with Crippen molar-refractivity contribution in [1.82, 2.24) is 4.57 Å². The quantitative estimate of drug-likeness (QED) is 0.658. The normalized spacial score (nSPS) is 17.8. The van der Waals surface area contributed by atoms with Crippen LogP contribution in [0.5, 0.6) is 5.75 Å². The Morgan fingerprint density at radius 3 is 2.18 bits per heavy atom. The highest BCUT2D eigenvalue weighted by Gasteiger charge is 2.51. The molecule has 0 spiro atoms. The zero-order chi connectivity index (χ0) is 20.1. The molecule has 0 radical (unpaired) electrons. The zero-order valence-electron chi connectivity index (χ0n) is 16.9. The summed E-state index contributed by atoms with van der Waals surface area (Å²) in [5, 5.41) is 1.33. The third kappa shape index (κ3) is 2.93. The molecule has 3 aromatic rings. The molecule has 1 aromatic heterocycles. The van der Waals surface area contributed by atoms with E-state index in [1.54, 1.807) is 17.9 Å². The van der Waals surface area contributed by atoms with E-state index < -0.39 is 18.3 Å². The number of rotatable bonds is 3. The molecule has 0 bridgehead atoms. The summed E-state index contributed by atoms with van der Waals surface area (Å²) in [5.74, 6) is 0.638. The Labute approximate surface area is 165 Å². The predicted octanol–water partition coefficient (Wildman–Crippen LogP) is 3.30. The molecule has 1 fully saturated rings. The molecule has 2 heterocycles. The minimum atomic E-state index is -0.523. The first-order valence-corrected chi connectivity index (χ1v) is 9.38. The van der Waals surface area contributed by atoms with Crippen LogP contribution in [0.3, 0.4) is 0 Å². The summed E-state index contributed by atoms with van der Waals surface area (Å²) in [6.45, 7) is 8.05. The molecule has 5 nitrogen and oxygen atoms in total. The second kappa shape index (κ2) is 6.50. The molecule has 4 rings (SSSR count). The fraction of sp³-hybridized carbons (Fsp3) is 0.318. The first-order chi connectivity index (χ1) is 13.2. The highest BCUT2D eigenvalue weighted by Crippen LogP contribution is 2.36. The molecule has 2 aromatic carbocycles. The monoisotopic (exact) mass is 377 g/mol. The number of hydrogen-bond donors (Lipinski definition) is 0. The lowest BCUT2D eigenvalue weighted by atomic mass is 9.78. The highest BCUT2D eigenvalue weighted by atomic mass is 16.7. The molecule has 6 heteroatoms. The number of pyridine rings is 1. The Hall–Kier alpha value is -2.57. The smallest absolute Gasteiger partial charge is 0.494 e. The maximum Gasteiger partial charge on any atom is 0.494 e. The summed E-state index contributed by atoms with van der Waals surface area (Å²) in [5.41, 5.74) is 0.612. The SMILES string of the molecule is COc1cn(-c2ccccc2)c(=O)c2cc(B3OC(C)(C)C(C)(C)O3)ccc12. The number of ether oxygens (including phenoxy) is 1. The van der Waals surface area contributed by atoms with Crippen molar-refractivity contribution in [2.75, 3.05) is 7.11 Å². The van der Waals surface area contributed by atoms with Crippen LogP contribution >= 0.6 is 0 Å². The average Bonchev–Trinajstić information content (AvgIpc) is 2.90. The molecule has 1 aliphatic heterocycles. The number of para-hydroxylation sites is 1. The van der Waals surface area contributed by atoms with Gasteiger partial charge in [-0.2, -0.15) is 0 Å². The van der Waals surface area contributed by atoms with E-state index in [0.29, 0.717) is 11.1 Å². The Balaban J connectivity index is 1.88. The van der Waals surface area contributed by atoms with E-state index in [0.717, 1.165) is 16.5 Å². The summed E-state index contributed by atoms with van der Waals surface area (Å²) in [4.78, 5) is 13.2. The van der Waals surface area contributed by atoms with Crippen molar-refractivity contribution in [3.8, 4) is 11.4 Å². The highest BCUT2D eigenvalue weighted by molar-refractivity contribution is 6.62. The fourth-order valence-corrected chi connectivity index (χ4v) is 3.40. The Kier molecular flexibility index (Phi) is 4.36. The Morgan fingerprint density at radius 1 is 0.929 bits per heavy atom. The van der Waals surface area contributed by atoms with Crippen molar-refractivity contribution >= 4 is 23.4 Å². The number of hydrogen-bond acceptors (Lipinski definition) is 4. The van der Waals surface area contributed by atoms with E-state index in [2.05, 4.69) is 0 Å². The number of fused-ring (bicyclic) bond motifs is 1. The van der Waals surface area contributed by atoms with Gasteiger partial charge in [0.15, 0.2) is 0 Å². The maximum absolute atomic E-state index is 13.2. The molecular weight excluding hydrogens is 353 g/mol. The second-order valence-electron chi connectivity index (χ2n) is 8.10. The molecule has 28 heavy (non-hydrogen) atoms. The number of aromatic nitrogens is 1. The van der Waals surface area contributed by atoms with E-state index in [-0.39, 0.29) is 5.56 Å². The van der Waals surface area contributed by atoms with Gasteiger partial charge >= 0.3 is 7.12 Å². The molecule has 0 N–H and O–H groups in total. The van der Waals surface area contributed by atoms with Crippen molar-refractivity contribution in [3.05, 3.63) is 65.1 Å². The zero-order valence-corrected chi connectivity index (χ0v) is 16.9. The lowest BCUT2D eigenvalue weighted by molar-refractivity contribution is 0.00578. The van der Waals surface area contributed by atoms with Crippen LogP contribution in [0.2, 0.25) is 0 Å². The average molecular weight is 377 g/mol. The van der Waals surface area contributed by atoms with E-state index >= 15 is 0 Å². The minimum Gasteiger partial charge on any atom is -0.495 e. The van der Waals surface area contributed by atoms with Gasteiger partial charge in [0.1, 0.15) is 5.75 Å². The van der Waals surface area contributed by atoms with E-state index in [4.69, 9.17) is 14.0 Å². The molecule has 0 atom stereocenters. The first-order valence-electron chi connectivity index (χ1n) is 9.38. The fourth-order valence-electron chi connectivity index (χ4n) is 3.40. The van der Waals surface area contributed by atoms with Crippen LogP contribution < -0.4 is 15.8 Å². The lowest BCUT2D eigenvalue weighted by Gasteiger charge is -2.32. The summed E-state index contributed by atoms with van der Waals surface area (Å²) in [6.07, 6.45) is 1.73. The minimum absolute atomic E-state index is 0.111. The molecule has 0 amide bonds. The lowest BCUT2D eigenvalue weighted by Crippen LogP contribution is -2.41. The van der Waals surface area contributed by atoms with Gasteiger partial charge in [-0.05, 0) is 51.4 Å². The standard InChI is InChI=1S/C22H24BNO4/c1-21(2)22(3,4)28-23(27-21)15-11-12-17-18(13-15)20(25)24(14-19(17)26-5)16-9-7-6-8-10-16/h6-14H,1-5H3. The number of benzene rings is 2. The topological polar surface area (TPSA) is 49.7 Å². The van der Waals surface area contributed by atoms with Crippen LogP contribution in [-0.2, 0) is 9.31 Å². The summed E-state index contributed by atoms with van der Waals surface area (Å²) in [7, 11) is 1.08. The van der Waals surface area contributed by atoms with Crippen molar-refractivity contribution in [3.63, 3.8) is 0 Å². The third-order valence-corrected chi connectivity index (χ3v) is 5.78. The number of nitrogens with zero attached hydrogens (tertiary/aromatic N) is 1. The molecular formula is C22H24BNO4. The van der Waals surface area contributed by atoms with Gasteiger partial charge in [-0.3, -0.25) is 9.36 Å². The van der Waals surface area contributed by atoms with E-state index in [9.17, 15) is 4.79 Å². The molecule has 1 saturated heterocycles.